The molecule has 0 saturated heterocycles. The number of benzene rings is 2. The Labute approximate surface area is 159 Å². The fourth-order valence-corrected chi connectivity index (χ4v) is 2.41. The Morgan fingerprint density at radius 3 is 2.22 bits per heavy atom. The fourth-order valence-electron chi connectivity index (χ4n) is 2.41. The summed E-state index contributed by atoms with van der Waals surface area (Å²) in [6.45, 7) is 5.68. The minimum atomic E-state index is -1.01. The molecule has 6 nitrogen and oxygen atoms in total. The van der Waals surface area contributed by atoms with Gasteiger partial charge in [-0.1, -0.05) is 42.5 Å². The molecular weight excluding hydrogens is 346 g/mol. The number of carboxylic acids is 1. The summed E-state index contributed by atoms with van der Waals surface area (Å²) in [4.78, 5) is 23.2. The van der Waals surface area contributed by atoms with Gasteiger partial charge in [-0.25, -0.2) is 4.79 Å². The second-order valence-electron chi connectivity index (χ2n) is 7.14. The molecule has 6 heteroatoms. The molecule has 0 aliphatic rings. The highest BCUT2D eigenvalue weighted by Crippen LogP contribution is 2.22. The molecule has 2 rings (SSSR count). The number of alkyl carbamates (subject to hydrolysis) is 1. The molecule has 0 spiro atoms. The van der Waals surface area contributed by atoms with Gasteiger partial charge in [0.1, 0.15) is 18.0 Å². The number of aliphatic carboxylic acids is 1. The third-order valence-corrected chi connectivity index (χ3v) is 3.60. The van der Waals surface area contributed by atoms with Crippen molar-refractivity contribution in [2.45, 2.75) is 45.4 Å². The average molecular weight is 371 g/mol. The molecule has 0 radical (unpaired) electrons. The fraction of sp³-hybridized carbons (Fsp3) is 0.333. The standard InChI is InChI=1S/C21H25NO5/c1-21(2,3)27-20(25)22-18(13-19(23)24)16-9-11-17(12-10-16)26-14-15-7-5-4-6-8-15/h4-12,18H,13-14H2,1-3H3,(H,22,25)(H,23,24)/t18-/m1/s1. The van der Waals surface area contributed by atoms with E-state index >= 15 is 0 Å². The first-order valence-electron chi connectivity index (χ1n) is 8.71. The molecule has 0 bridgehead atoms. The predicted octanol–water partition coefficient (Wildman–Crippen LogP) is 4.31. The Morgan fingerprint density at radius 1 is 1.04 bits per heavy atom. The zero-order valence-corrected chi connectivity index (χ0v) is 15.8. The van der Waals surface area contributed by atoms with Crippen molar-refractivity contribution < 1.29 is 24.2 Å². The molecule has 27 heavy (non-hydrogen) atoms. The molecule has 0 aliphatic carbocycles. The Morgan fingerprint density at radius 2 is 1.67 bits per heavy atom. The summed E-state index contributed by atoms with van der Waals surface area (Å²) in [5.41, 5.74) is 1.06. The number of hydrogen-bond acceptors (Lipinski definition) is 4. The van der Waals surface area contributed by atoms with Crippen LogP contribution in [0.3, 0.4) is 0 Å². The van der Waals surface area contributed by atoms with Gasteiger partial charge in [-0.2, -0.15) is 0 Å². The van der Waals surface area contributed by atoms with Crippen molar-refractivity contribution in [2.75, 3.05) is 0 Å². The van der Waals surface area contributed by atoms with Gasteiger partial charge in [0.25, 0.3) is 0 Å². The van der Waals surface area contributed by atoms with E-state index in [4.69, 9.17) is 14.6 Å². The monoisotopic (exact) mass is 371 g/mol. The molecular formula is C21H25NO5. The third-order valence-electron chi connectivity index (χ3n) is 3.60. The second kappa shape index (κ2) is 9.07. The average Bonchev–Trinajstić information content (AvgIpc) is 2.59. The largest absolute Gasteiger partial charge is 0.489 e. The van der Waals surface area contributed by atoms with Gasteiger partial charge in [0.15, 0.2) is 0 Å². The lowest BCUT2D eigenvalue weighted by molar-refractivity contribution is -0.137. The SMILES string of the molecule is CC(C)(C)OC(=O)N[C@H](CC(=O)O)c1ccc(OCc2ccccc2)cc1. The van der Waals surface area contributed by atoms with Crippen LogP contribution in [0.15, 0.2) is 54.6 Å². The van der Waals surface area contributed by atoms with Crippen molar-refractivity contribution >= 4 is 12.1 Å². The van der Waals surface area contributed by atoms with Crippen molar-refractivity contribution in [3.8, 4) is 5.75 Å². The molecule has 2 N–H and O–H groups in total. The molecule has 0 saturated carbocycles. The van der Waals surface area contributed by atoms with Gasteiger partial charge >= 0.3 is 12.1 Å². The molecule has 2 aromatic carbocycles. The molecule has 144 valence electrons. The molecule has 2 aromatic rings. The summed E-state index contributed by atoms with van der Waals surface area (Å²) >= 11 is 0. The number of carboxylic acid groups (broad SMARTS) is 1. The van der Waals surface area contributed by atoms with Crippen LogP contribution in [0.1, 0.15) is 44.4 Å². The van der Waals surface area contributed by atoms with Crippen molar-refractivity contribution in [3.63, 3.8) is 0 Å². The predicted molar refractivity (Wildman–Crippen MR) is 102 cm³/mol. The van der Waals surface area contributed by atoms with Crippen LogP contribution in [0.5, 0.6) is 5.75 Å². The van der Waals surface area contributed by atoms with Crippen molar-refractivity contribution in [1.29, 1.82) is 0 Å². The normalized spacial score (nSPS) is 12.1. The Balaban J connectivity index is 2.02. The maximum atomic E-state index is 12.0. The highest BCUT2D eigenvalue weighted by atomic mass is 16.6. The van der Waals surface area contributed by atoms with E-state index in [1.807, 2.05) is 30.3 Å². The number of hydrogen-bond donors (Lipinski definition) is 2. The zero-order valence-electron chi connectivity index (χ0n) is 15.8. The van der Waals surface area contributed by atoms with Gasteiger partial charge in [-0.3, -0.25) is 4.79 Å². The summed E-state index contributed by atoms with van der Waals surface area (Å²) in [7, 11) is 0. The van der Waals surface area contributed by atoms with Crippen LogP contribution in [0.25, 0.3) is 0 Å². The third kappa shape index (κ3) is 7.40. The van der Waals surface area contributed by atoms with E-state index in [9.17, 15) is 9.59 Å². The summed E-state index contributed by atoms with van der Waals surface area (Å²) < 4.78 is 10.9. The smallest absolute Gasteiger partial charge is 0.408 e. The van der Waals surface area contributed by atoms with E-state index < -0.39 is 23.7 Å². The summed E-state index contributed by atoms with van der Waals surface area (Å²) in [6.07, 6.45) is -0.901. The van der Waals surface area contributed by atoms with Gasteiger partial charge in [0.05, 0.1) is 12.5 Å². The minimum Gasteiger partial charge on any atom is -0.489 e. The van der Waals surface area contributed by atoms with Crippen LogP contribution >= 0.6 is 0 Å². The Bertz CT molecular complexity index is 750. The highest BCUT2D eigenvalue weighted by Gasteiger charge is 2.22. The minimum absolute atomic E-state index is 0.247. The van der Waals surface area contributed by atoms with Crippen molar-refractivity contribution in [3.05, 3.63) is 65.7 Å². The van der Waals surface area contributed by atoms with Crippen LogP contribution in [0.2, 0.25) is 0 Å². The van der Waals surface area contributed by atoms with E-state index in [-0.39, 0.29) is 6.42 Å². The van der Waals surface area contributed by atoms with E-state index in [1.54, 1.807) is 45.0 Å². The number of carbonyl (C=O) groups is 2. The van der Waals surface area contributed by atoms with Gasteiger partial charge in [-0.05, 0) is 44.0 Å². The number of nitrogens with one attached hydrogen (secondary N) is 1. The number of carbonyl (C=O) groups excluding carboxylic acids is 1. The first-order chi connectivity index (χ1) is 12.7. The second-order valence-corrected chi connectivity index (χ2v) is 7.14. The van der Waals surface area contributed by atoms with Crippen molar-refractivity contribution in [1.82, 2.24) is 5.32 Å². The Hall–Kier alpha value is -3.02. The topological polar surface area (TPSA) is 84.9 Å². The number of ether oxygens (including phenoxy) is 2. The number of amides is 1. The molecule has 1 amide bonds. The molecule has 0 heterocycles. The van der Waals surface area contributed by atoms with E-state index in [2.05, 4.69) is 5.32 Å². The van der Waals surface area contributed by atoms with E-state index in [1.165, 1.54) is 0 Å². The summed E-state index contributed by atoms with van der Waals surface area (Å²) in [5, 5.41) is 11.8. The molecule has 0 aliphatic heterocycles. The first-order valence-corrected chi connectivity index (χ1v) is 8.71. The van der Waals surface area contributed by atoms with Crippen LogP contribution in [0.4, 0.5) is 4.79 Å². The first kappa shape index (κ1) is 20.3. The van der Waals surface area contributed by atoms with Gasteiger partial charge in [0, 0.05) is 0 Å². The van der Waals surface area contributed by atoms with Crippen LogP contribution in [-0.2, 0) is 16.1 Å². The maximum absolute atomic E-state index is 12.0. The maximum Gasteiger partial charge on any atom is 0.408 e. The van der Waals surface area contributed by atoms with Crippen LogP contribution < -0.4 is 10.1 Å². The van der Waals surface area contributed by atoms with Gasteiger partial charge < -0.3 is 19.9 Å². The lowest BCUT2D eigenvalue weighted by Crippen LogP contribution is -2.35. The Kier molecular flexibility index (Phi) is 6.82. The lowest BCUT2D eigenvalue weighted by atomic mass is 10.0. The molecule has 1 atom stereocenters. The molecule has 0 aromatic heterocycles. The van der Waals surface area contributed by atoms with Crippen molar-refractivity contribution in [2.24, 2.45) is 0 Å². The van der Waals surface area contributed by atoms with E-state index in [0.717, 1.165) is 5.56 Å². The lowest BCUT2D eigenvalue weighted by Gasteiger charge is -2.23. The van der Waals surface area contributed by atoms with E-state index in [0.29, 0.717) is 17.9 Å². The molecule has 0 unspecified atom stereocenters. The number of rotatable bonds is 7. The zero-order chi connectivity index (χ0) is 19.9. The molecule has 0 fully saturated rings. The quantitative estimate of drug-likeness (QED) is 0.758. The summed E-state index contributed by atoms with van der Waals surface area (Å²) in [5.74, 6) is -0.352. The van der Waals surface area contributed by atoms with Gasteiger partial charge in [-0.15, -0.1) is 0 Å². The highest BCUT2D eigenvalue weighted by molar-refractivity contribution is 5.72. The van der Waals surface area contributed by atoms with Crippen LogP contribution in [-0.4, -0.2) is 22.8 Å². The van der Waals surface area contributed by atoms with Crippen LogP contribution in [0, 0.1) is 0 Å². The summed E-state index contributed by atoms with van der Waals surface area (Å²) in [6, 6.07) is 16.1. The van der Waals surface area contributed by atoms with Gasteiger partial charge in [0.2, 0.25) is 0 Å².